The Balaban J connectivity index is 2.42. The summed E-state index contributed by atoms with van der Waals surface area (Å²) in [4.78, 5) is 4.67. The summed E-state index contributed by atoms with van der Waals surface area (Å²) < 4.78 is 5.33. The third kappa shape index (κ3) is 6.66. The first-order valence-electron chi connectivity index (χ1n) is 8.40. The SMILES string of the molecule is CCNC(=NCC1(C)CCCCC1O)NCCCOCC. The van der Waals surface area contributed by atoms with Gasteiger partial charge in [0.05, 0.1) is 12.6 Å². The Morgan fingerprint density at radius 2 is 2.14 bits per heavy atom. The van der Waals surface area contributed by atoms with E-state index in [1.54, 1.807) is 0 Å². The normalized spacial score (nSPS) is 26.7. The molecule has 2 atom stereocenters. The molecule has 0 heterocycles. The van der Waals surface area contributed by atoms with Gasteiger partial charge in [0.25, 0.3) is 0 Å². The van der Waals surface area contributed by atoms with E-state index in [0.29, 0.717) is 6.54 Å². The van der Waals surface area contributed by atoms with Crippen molar-refractivity contribution in [1.29, 1.82) is 0 Å². The molecular weight excluding hydrogens is 266 g/mol. The van der Waals surface area contributed by atoms with Gasteiger partial charge in [0, 0.05) is 31.7 Å². The quantitative estimate of drug-likeness (QED) is 0.364. The predicted molar refractivity (Wildman–Crippen MR) is 87.7 cm³/mol. The summed E-state index contributed by atoms with van der Waals surface area (Å²) in [5.41, 5.74) is -0.0775. The lowest BCUT2D eigenvalue weighted by Crippen LogP contribution is -2.42. The van der Waals surface area contributed by atoms with Crippen LogP contribution in [0.25, 0.3) is 0 Å². The van der Waals surface area contributed by atoms with Gasteiger partial charge in [-0.25, -0.2) is 0 Å². The van der Waals surface area contributed by atoms with Gasteiger partial charge < -0.3 is 20.5 Å². The van der Waals surface area contributed by atoms with Crippen molar-refractivity contribution < 1.29 is 9.84 Å². The first kappa shape index (κ1) is 18.2. The fraction of sp³-hybridized carbons (Fsp3) is 0.938. The molecule has 0 aromatic heterocycles. The lowest BCUT2D eigenvalue weighted by atomic mass is 9.73. The molecule has 1 rings (SSSR count). The van der Waals surface area contributed by atoms with Crippen LogP contribution in [-0.4, -0.2) is 50.0 Å². The van der Waals surface area contributed by atoms with Crippen LogP contribution in [0.3, 0.4) is 0 Å². The molecule has 2 unspecified atom stereocenters. The van der Waals surface area contributed by atoms with Crippen LogP contribution >= 0.6 is 0 Å². The van der Waals surface area contributed by atoms with E-state index in [4.69, 9.17) is 4.74 Å². The molecule has 0 aromatic carbocycles. The molecule has 1 fully saturated rings. The second-order valence-electron chi connectivity index (χ2n) is 6.09. The lowest BCUT2D eigenvalue weighted by Gasteiger charge is -2.37. The van der Waals surface area contributed by atoms with Crippen LogP contribution in [0.4, 0.5) is 0 Å². The first-order valence-corrected chi connectivity index (χ1v) is 8.40. The first-order chi connectivity index (χ1) is 10.1. The Kier molecular flexibility index (Phi) is 8.69. The van der Waals surface area contributed by atoms with Crippen molar-refractivity contribution >= 4 is 5.96 Å². The number of guanidine groups is 1. The van der Waals surface area contributed by atoms with Crippen LogP contribution in [0.5, 0.6) is 0 Å². The Morgan fingerprint density at radius 1 is 1.33 bits per heavy atom. The van der Waals surface area contributed by atoms with Gasteiger partial charge >= 0.3 is 0 Å². The van der Waals surface area contributed by atoms with Gasteiger partial charge in [0.15, 0.2) is 5.96 Å². The number of hydrogen-bond acceptors (Lipinski definition) is 3. The van der Waals surface area contributed by atoms with E-state index in [0.717, 1.165) is 57.9 Å². The largest absolute Gasteiger partial charge is 0.392 e. The van der Waals surface area contributed by atoms with E-state index in [-0.39, 0.29) is 11.5 Å². The summed E-state index contributed by atoms with van der Waals surface area (Å²) in [6.07, 6.45) is 5.04. The molecule has 21 heavy (non-hydrogen) atoms. The maximum atomic E-state index is 10.2. The fourth-order valence-electron chi connectivity index (χ4n) is 2.69. The molecule has 0 saturated heterocycles. The zero-order valence-electron chi connectivity index (χ0n) is 14.0. The summed E-state index contributed by atoms with van der Waals surface area (Å²) >= 11 is 0. The van der Waals surface area contributed by atoms with Crippen LogP contribution < -0.4 is 10.6 Å². The minimum Gasteiger partial charge on any atom is -0.392 e. The summed E-state index contributed by atoms with van der Waals surface area (Å²) in [5.74, 6) is 0.841. The number of aliphatic hydroxyl groups excluding tert-OH is 1. The van der Waals surface area contributed by atoms with Crippen molar-refractivity contribution in [1.82, 2.24) is 10.6 Å². The van der Waals surface area contributed by atoms with Crippen LogP contribution in [0.1, 0.15) is 52.9 Å². The van der Waals surface area contributed by atoms with Crippen molar-refractivity contribution in [3.05, 3.63) is 0 Å². The zero-order chi connectivity index (χ0) is 15.6. The van der Waals surface area contributed by atoms with E-state index in [2.05, 4.69) is 29.5 Å². The number of aliphatic imine (C=N–C) groups is 1. The molecule has 0 amide bonds. The van der Waals surface area contributed by atoms with Gasteiger partial charge in [-0.2, -0.15) is 0 Å². The molecule has 5 heteroatoms. The number of ether oxygens (including phenoxy) is 1. The monoisotopic (exact) mass is 299 g/mol. The second-order valence-corrected chi connectivity index (χ2v) is 6.09. The zero-order valence-corrected chi connectivity index (χ0v) is 14.0. The highest BCUT2D eigenvalue weighted by Crippen LogP contribution is 2.36. The number of aliphatic hydroxyl groups is 1. The van der Waals surface area contributed by atoms with Gasteiger partial charge in [-0.05, 0) is 33.1 Å². The molecule has 0 radical (unpaired) electrons. The van der Waals surface area contributed by atoms with Crippen LogP contribution in [0.2, 0.25) is 0 Å². The second kappa shape index (κ2) is 10.0. The third-order valence-electron chi connectivity index (χ3n) is 4.18. The van der Waals surface area contributed by atoms with Crippen molar-refractivity contribution in [2.24, 2.45) is 10.4 Å². The standard InChI is InChI=1S/C16H33N3O2/c1-4-17-15(18-11-8-12-21-5-2)19-13-16(3)10-7-6-9-14(16)20/h14,20H,4-13H2,1-3H3,(H2,17,18,19). The van der Waals surface area contributed by atoms with Crippen molar-refractivity contribution in [3.8, 4) is 0 Å². The van der Waals surface area contributed by atoms with Crippen LogP contribution in [0.15, 0.2) is 4.99 Å². The molecule has 1 aliphatic carbocycles. The van der Waals surface area contributed by atoms with Crippen molar-refractivity contribution in [3.63, 3.8) is 0 Å². The highest BCUT2D eigenvalue weighted by atomic mass is 16.5. The Morgan fingerprint density at radius 3 is 2.81 bits per heavy atom. The molecule has 0 bridgehead atoms. The Hall–Kier alpha value is -0.810. The molecule has 0 spiro atoms. The maximum Gasteiger partial charge on any atom is 0.191 e. The topological polar surface area (TPSA) is 65.9 Å². The highest BCUT2D eigenvalue weighted by Gasteiger charge is 2.35. The number of rotatable bonds is 8. The van der Waals surface area contributed by atoms with Crippen LogP contribution in [-0.2, 0) is 4.74 Å². The molecule has 124 valence electrons. The van der Waals surface area contributed by atoms with Crippen molar-refractivity contribution in [2.45, 2.75) is 59.0 Å². The summed E-state index contributed by atoms with van der Waals surface area (Å²) in [6.45, 7) is 10.1. The Bertz CT molecular complexity index is 310. The number of hydrogen-bond donors (Lipinski definition) is 3. The van der Waals surface area contributed by atoms with Gasteiger partial charge in [-0.3, -0.25) is 4.99 Å². The molecular formula is C16H33N3O2. The van der Waals surface area contributed by atoms with Gasteiger partial charge in [-0.1, -0.05) is 19.8 Å². The smallest absolute Gasteiger partial charge is 0.191 e. The summed E-state index contributed by atoms with van der Waals surface area (Å²) in [7, 11) is 0. The average Bonchev–Trinajstić information content (AvgIpc) is 2.48. The van der Waals surface area contributed by atoms with E-state index < -0.39 is 0 Å². The van der Waals surface area contributed by atoms with E-state index in [1.165, 1.54) is 6.42 Å². The fourth-order valence-corrected chi connectivity index (χ4v) is 2.69. The molecule has 1 saturated carbocycles. The molecule has 3 N–H and O–H groups in total. The third-order valence-corrected chi connectivity index (χ3v) is 4.18. The molecule has 0 aromatic rings. The predicted octanol–water partition coefficient (Wildman–Crippen LogP) is 1.91. The van der Waals surface area contributed by atoms with Gasteiger partial charge in [-0.15, -0.1) is 0 Å². The maximum absolute atomic E-state index is 10.2. The Labute approximate surface area is 129 Å². The summed E-state index contributed by atoms with van der Waals surface area (Å²) in [6, 6.07) is 0. The minimum absolute atomic E-state index is 0.0775. The number of nitrogens with zero attached hydrogens (tertiary/aromatic N) is 1. The minimum atomic E-state index is -0.226. The van der Waals surface area contributed by atoms with Crippen LogP contribution in [0, 0.1) is 5.41 Å². The highest BCUT2D eigenvalue weighted by molar-refractivity contribution is 5.79. The van der Waals surface area contributed by atoms with E-state index in [1.807, 2.05) is 6.92 Å². The molecule has 1 aliphatic rings. The molecule has 5 nitrogen and oxygen atoms in total. The average molecular weight is 299 g/mol. The van der Waals surface area contributed by atoms with Crippen molar-refractivity contribution in [2.75, 3.05) is 32.8 Å². The summed E-state index contributed by atoms with van der Waals surface area (Å²) in [5, 5.41) is 16.8. The van der Waals surface area contributed by atoms with E-state index >= 15 is 0 Å². The number of nitrogens with one attached hydrogen (secondary N) is 2. The molecule has 0 aliphatic heterocycles. The van der Waals surface area contributed by atoms with Gasteiger partial charge in [0.1, 0.15) is 0 Å². The van der Waals surface area contributed by atoms with E-state index in [9.17, 15) is 5.11 Å². The van der Waals surface area contributed by atoms with Gasteiger partial charge in [0.2, 0.25) is 0 Å². The lowest BCUT2D eigenvalue weighted by molar-refractivity contribution is 0.00716.